The van der Waals surface area contributed by atoms with Crippen LogP contribution in [0.2, 0.25) is 0 Å². The van der Waals surface area contributed by atoms with Crippen LogP contribution in [-0.2, 0) is 11.4 Å². The Morgan fingerprint density at radius 1 is 1.14 bits per heavy atom. The molecule has 0 atom stereocenters. The summed E-state index contributed by atoms with van der Waals surface area (Å²) < 4.78 is 0. The third-order valence-electron chi connectivity index (χ3n) is 2.78. The minimum Gasteiger partial charge on any atom is -0.359 e. The zero-order valence-electron chi connectivity index (χ0n) is 9.05. The fourth-order valence-corrected chi connectivity index (χ4v) is 1.65. The second kappa shape index (κ2) is 4.22. The lowest BCUT2D eigenvalue weighted by Gasteiger charge is -2.13. The molecule has 0 aliphatic carbocycles. The van der Waals surface area contributed by atoms with Crippen LogP contribution in [-0.4, -0.2) is 0 Å². The minimum absolute atomic E-state index is 0.266. The molecule has 0 heterocycles. The van der Waals surface area contributed by atoms with E-state index >= 15 is 0 Å². The smallest absolute Gasteiger partial charge is 0.155 e. The monoisotopic (exact) mass is 193 g/mol. The standard InChI is InChI=1S/C11H15NO2/c1-7-5-8(2)11(6-14-12-13)10(4)9(7)3/h5H,6H2,1-4H3. The molecule has 0 radical (unpaired) electrons. The molecule has 0 spiro atoms. The van der Waals surface area contributed by atoms with Crippen LogP contribution in [0, 0.1) is 32.6 Å². The lowest BCUT2D eigenvalue weighted by molar-refractivity contribution is 0.125. The van der Waals surface area contributed by atoms with E-state index in [0.29, 0.717) is 0 Å². The molecule has 0 bridgehead atoms. The Morgan fingerprint density at radius 2 is 1.79 bits per heavy atom. The van der Waals surface area contributed by atoms with E-state index in [2.05, 4.69) is 30.1 Å². The second-order valence-corrected chi connectivity index (χ2v) is 3.59. The molecule has 0 aliphatic rings. The fourth-order valence-electron chi connectivity index (χ4n) is 1.65. The van der Waals surface area contributed by atoms with Gasteiger partial charge >= 0.3 is 0 Å². The van der Waals surface area contributed by atoms with E-state index in [0.717, 1.165) is 11.1 Å². The van der Waals surface area contributed by atoms with Gasteiger partial charge in [0.05, 0.1) is 0 Å². The van der Waals surface area contributed by atoms with Gasteiger partial charge in [-0.3, -0.25) is 0 Å². The number of hydrogen-bond acceptors (Lipinski definition) is 3. The first kappa shape index (κ1) is 10.7. The molecule has 0 aliphatic heterocycles. The summed E-state index contributed by atoms with van der Waals surface area (Å²) in [4.78, 5) is 14.4. The normalized spacial score (nSPS) is 10.0. The van der Waals surface area contributed by atoms with Gasteiger partial charge in [0.25, 0.3) is 0 Å². The summed E-state index contributed by atoms with van der Waals surface area (Å²) in [6.45, 7) is 8.48. The predicted molar refractivity (Wildman–Crippen MR) is 56.0 cm³/mol. The average Bonchev–Trinajstić information content (AvgIpc) is 2.14. The average molecular weight is 193 g/mol. The third kappa shape index (κ3) is 1.92. The number of benzene rings is 1. The minimum atomic E-state index is 0.266. The summed E-state index contributed by atoms with van der Waals surface area (Å²) >= 11 is 0. The Balaban J connectivity index is 3.15. The van der Waals surface area contributed by atoms with Gasteiger partial charge in [-0.1, -0.05) is 6.07 Å². The highest BCUT2D eigenvalue weighted by atomic mass is 16.7. The first-order chi connectivity index (χ1) is 6.57. The SMILES string of the molecule is Cc1cc(C)c(CON=O)c(C)c1C. The second-order valence-electron chi connectivity index (χ2n) is 3.59. The Hall–Kier alpha value is -1.38. The van der Waals surface area contributed by atoms with Crippen molar-refractivity contribution < 1.29 is 4.84 Å². The van der Waals surface area contributed by atoms with Gasteiger partial charge in [-0.25, -0.2) is 0 Å². The lowest BCUT2D eigenvalue weighted by atomic mass is 9.95. The van der Waals surface area contributed by atoms with E-state index in [-0.39, 0.29) is 6.61 Å². The molecule has 14 heavy (non-hydrogen) atoms. The van der Waals surface area contributed by atoms with E-state index in [9.17, 15) is 4.91 Å². The Kier molecular flexibility index (Phi) is 3.23. The summed E-state index contributed by atoms with van der Waals surface area (Å²) in [6.07, 6.45) is 0. The molecule has 3 nitrogen and oxygen atoms in total. The molecule has 0 fully saturated rings. The number of hydrogen-bond donors (Lipinski definition) is 0. The van der Waals surface area contributed by atoms with Crippen molar-refractivity contribution in [3.05, 3.63) is 38.8 Å². The van der Waals surface area contributed by atoms with Crippen molar-refractivity contribution in [2.45, 2.75) is 34.3 Å². The number of nitrogens with zero attached hydrogens (tertiary/aromatic N) is 1. The van der Waals surface area contributed by atoms with Crippen LogP contribution >= 0.6 is 0 Å². The van der Waals surface area contributed by atoms with Gasteiger partial charge in [-0.2, -0.15) is 0 Å². The van der Waals surface area contributed by atoms with Crippen LogP contribution in [0.1, 0.15) is 27.8 Å². The van der Waals surface area contributed by atoms with E-state index in [1.165, 1.54) is 16.7 Å². The molecule has 0 unspecified atom stereocenters. The topological polar surface area (TPSA) is 38.7 Å². The Labute approximate surface area is 84.0 Å². The van der Waals surface area contributed by atoms with Crippen LogP contribution in [0.4, 0.5) is 0 Å². The molecule has 0 amide bonds. The molecule has 76 valence electrons. The number of rotatable bonds is 3. The zero-order chi connectivity index (χ0) is 10.7. The van der Waals surface area contributed by atoms with E-state index in [1.807, 2.05) is 13.8 Å². The third-order valence-corrected chi connectivity index (χ3v) is 2.78. The maximum atomic E-state index is 9.88. The fraction of sp³-hybridized carbons (Fsp3) is 0.455. The number of aryl methyl sites for hydroxylation is 2. The summed E-state index contributed by atoms with van der Waals surface area (Å²) in [5, 5.41) is 2.42. The van der Waals surface area contributed by atoms with Crippen molar-refractivity contribution in [3.8, 4) is 0 Å². The zero-order valence-corrected chi connectivity index (χ0v) is 9.05. The summed E-state index contributed by atoms with van der Waals surface area (Å²) in [6, 6.07) is 2.10. The van der Waals surface area contributed by atoms with Crippen molar-refractivity contribution in [1.82, 2.24) is 0 Å². The predicted octanol–water partition coefficient (Wildman–Crippen LogP) is 3.12. The highest BCUT2D eigenvalue weighted by Crippen LogP contribution is 2.22. The van der Waals surface area contributed by atoms with Gasteiger partial charge in [0.2, 0.25) is 0 Å². The van der Waals surface area contributed by atoms with E-state index in [4.69, 9.17) is 0 Å². The van der Waals surface area contributed by atoms with Gasteiger partial charge in [-0.05, 0) is 55.5 Å². The molecular formula is C11H15NO2. The van der Waals surface area contributed by atoms with Crippen molar-refractivity contribution in [2.75, 3.05) is 0 Å². The molecule has 0 aromatic heterocycles. The highest BCUT2D eigenvalue weighted by molar-refractivity contribution is 5.43. The molecular weight excluding hydrogens is 178 g/mol. The largest absolute Gasteiger partial charge is 0.359 e. The maximum Gasteiger partial charge on any atom is 0.155 e. The molecule has 1 aromatic rings. The first-order valence-electron chi connectivity index (χ1n) is 4.58. The molecule has 3 heteroatoms. The lowest BCUT2D eigenvalue weighted by Crippen LogP contribution is -1.99. The molecule has 0 N–H and O–H groups in total. The quantitative estimate of drug-likeness (QED) is 0.546. The van der Waals surface area contributed by atoms with Crippen molar-refractivity contribution in [2.24, 2.45) is 5.34 Å². The van der Waals surface area contributed by atoms with Crippen LogP contribution in [0.3, 0.4) is 0 Å². The van der Waals surface area contributed by atoms with Crippen LogP contribution in [0.25, 0.3) is 0 Å². The summed E-state index contributed by atoms with van der Waals surface area (Å²) in [7, 11) is 0. The van der Waals surface area contributed by atoms with E-state index in [1.54, 1.807) is 0 Å². The van der Waals surface area contributed by atoms with Gasteiger partial charge < -0.3 is 4.84 Å². The summed E-state index contributed by atoms with van der Waals surface area (Å²) in [5.41, 5.74) is 5.91. The van der Waals surface area contributed by atoms with Gasteiger partial charge in [0, 0.05) is 0 Å². The summed E-state index contributed by atoms with van der Waals surface area (Å²) in [5.74, 6) is 0. The molecule has 0 saturated carbocycles. The van der Waals surface area contributed by atoms with Crippen LogP contribution < -0.4 is 0 Å². The van der Waals surface area contributed by atoms with Gasteiger partial charge in [-0.15, -0.1) is 4.91 Å². The molecule has 1 rings (SSSR count). The molecule has 1 aromatic carbocycles. The van der Waals surface area contributed by atoms with E-state index < -0.39 is 0 Å². The first-order valence-corrected chi connectivity index (χ1v) is 4.58. The Morgan fingerprint density at radius 3 is 2.36 bits per heavy atom. The highest BCUT2D eigenvalue weighted by Gasteiger charge is 2.08. The van der Waals surface area contributed by atoms with Crippen molar-refractivity contribution in [1.29, 1.82) is 0 Å². The van der Waals surface area contributed by atoms with Gasteiger partial charge in [0.15, 0.2) is 5.34 Å². The van der Waals surface area contributed by atoms with Crippen molar-refractivity contribution >= 4 is 0 Å². The van der Waals surface area contributed by atoms with Crippen LogP contribution in [0.5, 0.6) is 0 Å². The van der Waals surface area contributed by atoms with Crippen molar-refractivity contribution in [3.63, 3.8) is 0 Å². The van der Waals surface area contributed by atoms with Gasteiger partial charge in [0.1, 0.15) is 6.61 Å². The molecule has 0 saturated heterocycles. The van der Waals surface area contributed by atoms with Crippen LogP contribution in [0.15, 0.2) is 11.4 Å². The Bertz CT molecular complexity index is 359. The maximum absolute atomic E-state index is 9.88.